The summed E-state index contributed by atoms with van der Waals surface area (Å²) in [5, 5.41) is 8.78. The van der Waals surface area contributed by atoms with E-state index >= 15 is 0 Å². The maximum atomic E-state index is 12.4. The number of nitriles is 1. The number of benzene rings is 1. The summed E-state index contributed by atoms with van der Waals surface area (Å²) < 4.78 is 0. The van der Waals surface area contributed by atoms with Crippen molar-refractivity contribution in [2.24, 2.45) is 0 Å². The number of hydrogen-bond donors (Lipinski definition) is 0. The predicted octanol–water partition coefficient (Wildman–Crippen LogP) is 2.83. The SMILES string of the molecule is C=CCCN1CCN(c2ccc(-c3ncc(C#N)cn3)cc2)C1=O. The average molecular weight is 319 g/mol. The second-order valence-electron chi connectivity index (χ2n) is 5.45. The van der Waals surface area contributed by atoms with Gasteiger partial charge in [-0.3, -0.25) is 4.90 Å². The Morgan fingerprint density at radius 3 is 2.54 bits per heavy atom. The molecule has 1 fully saturated rings. The first-order valence-electron chi connectivity index (χ1n) is 7.73. The zero-order valence-electron chi connectivity index (χ0n) is 13.2. The highest BCUT2D eigenvalue weighted by Crippen LogP contribution is 2.24. The first-order chi connectivity index (χ1) is 11.7. The maximum Gasteiger partial charge on any atom is 0.324 e. The molecule has 0 unspecified atom stereocenters. The molecule has 2 amide bonds. The normalized spacial score (nSPS) is 13.9. The molecule has 0 bridgehead atoms. The lowest BCUT2D eigenvalue weighted by Gasteiger charge is -2.18. The van der Waals surface area contributed by atoms with Crippen molar-refractivity contribution in [3.8, 4) is 17.5 Å². The Hall–Kier alpha value is -3.20. The van der Waals surface area contributed by atoms with E-state index < -0.39 is 0 Å². The second-order valence-corrected chi connectivity index (χ2v) is 5.45. The van der Waals surface area contributed by atoms with Crippen LogP contribution in [-0.2, 0) is 0 Å². The summed E-state index contributed by atoms with van der Waals surface area (Å²) >= 11 is 0. The molecule has 1 aliphatic rings. The van der Waals surface area contributed by atoms with Gasteiger partial charge in [-0.05, 0) is 30.7 Å². The van der Waals surface area contributed by atoms with Gasteiger partial charge >= 0.3 is 6.03 Å². The van der Waals surface area contributed by atoms with E-state index in [-0.39, 0.29) is 6.03 Å². The van der Waals surface area contributed by atoms with Gasteiger partial charge in [0.25, 0.3) is 0 Å². The molecule has 2 heterocycles. The molecule has 24 heavy (non-hydrogen) atoms. The summed E-state index contributed by atoms with van der Waals surface area (Å²) in [4.78, 5) is 24.4. The topological polar surface area (TPSA) is 73.1 Å². The minimum atomic E-state index is 0.0271. The molecule has 0 radical (unpaired) electrons. The fourth-order valence-electron chi connectivity index (χ4n) is 2.60. The molecule has 0 spiro atoms. The number of rotatable bonds is 5. The molecule has 6 heteroatoms. The largest absolute Gasteiger partial charge is 0.324 e. The Balaban J connectivity index is 1.74. The Bertz CT molecular complexity index is 777. The molecule has 1 aliphatic heterocycles. The summed E-state index contributed by atoms with van der Waals surface area (Å²) in [5.41, 5.74) is 2.13. The van der Waals surface area contributed by atoms with Gasteiger partial charge in [0, 0.05) is 43.3 Å². The standard InChI is InChI=1S/C18H17N5O/c1-2-3-8-22-9-10-23(18(22)24)16-6-4-15(5-7-16)17-20-12-14(11-19)13-21-17/h2,4-7,12-13H,1,3,8-10H2. The summed E-state index contributed by atoms with van der Waals surface area (Å²) in [6, 6.07) is 9.58. The predicted molar refractivity (Wildman–Crippen MR) is 91.3 cm³/mol. The third-order valence-corrected chi connectivity index (χ3v) is 3.92. The molecule has 0 aliphatic carbocycles. The van der Waals surface area contributed by atoms with Crippen LogP contribution in [-0.4, -0.2) is 40.5 Å². The van der Waals surface area contributed by atoms with Crippen molar-refractivity contribution in [3.63, 3.8) is 0 Å². The van der Waals surface area contributed by atoms with E-state index in [2.05, 4.69) is 16.5 Å². The molecular weight excluding hydrogens is 302 g/mol. The number of aromatic nitrogens is 2. The van der Waals surface area contributed by atoms with Crippen LogP contribution in [0.5, 0.6) is 0 Å². The van der Waals surface area contributed by atoms with Crippen LogP contribution in [0.4, 0.5) is 10.5 Å². The van der Waals surface area contributed by atoms with Crippen molar-refractivity contribution in [1.82, 2.24) is 14.9 Å². The first kappa shape index (κ1) is 15.7. The molecule has 1 saturated heterocycles. The monoisotopic (exact) mass is 319 g/mol. The number of urea groups is 1. The van der Waals surface area contributed by atoms with Crippen LogP contribution in [0.2, 0.25) is 0 Å². The molecule has 1 aromatic carbocycles. The lowest BCUT2D eigenvalue weighted by Crippen LogP contribution is -2.32. The van der Waals surface area contributed by atoms with Crippen LogP contribution in [0.3, 0.4) is 0 Å². The van der Waals surface area contributed by atoms with Gasteiger partial charge in [0.15, 0.2) is 5.82 Å². The van der Waals surface area contributed by atoms with E-state index in [0.717, 1.165) is 24.2 Å². The van der Waals surface area contributed by atoms with E-state index in [0.29, 0.717) is 24.5 Å². The highest BCUT2D eigenvalue weighted by Gasteiger charge is 2.28. The van der Waals surface area contributed by atoms with Crippen LogP contribution in [0.1, 0.15) is 12.0 Å². The van der Waals surface area contributed by atoms with Crippen molar-refractivity contribution < 1.29 is 4.79 Å². The maximum absolute atomic E-state index is 12.4. The molecule has 6 nitrogen and oxygen atoms in total. The number of amides is 2. The third kappa shape index (κ3) is 3.10. The Morgan fingerprint density at radius 1 is 1.21 bits per heavy atom. The van der Waals surface area contributed by atoms with E-state index in [4.69, 9.17) is 5.26 Å². The van der Waals surface area contributed by atoms with E-state index in [1.54, 1.807) is 4.90 Å². The van der Waals surface area contributed by atoms with Crippen LogP contribution in [0, 0.1) is 11.3 Å². The number of carbonyl (C=O) groups excluding carboxylic acids is 1. The van der Waals surface area contributed by atoms with Crippen molar-refractivity contribution in [1.29, 1.82) is 5.26 Å². The third-order valence-electron chi connectivity index (χ3n) is 3.92. The fourth-order valence-corrected chi connectivity index (χ4v) is 2.60. The molecule has 2 aromatic rings. The van der Waals surface area contributed by atoms with Crippen LogP contribution in [0.25, 0.3) is 11.4 Å². The van der Waals surface area contributed by atoms with E-state index in [9.17, 15) is 4.79 Å². The fraction of sp³-hybridized carbons (Fsp3) is 0.222. The van der Waals surface area contributed by atoms with Gasteiger partial charge in [-0.1, -0.05) is 6.08 Å². The van der Waals surface area contributed by atoms with Gasteiger partial charge in [-0.15, -0.1) is 6.58 Å². The summed E-state index contributed by atoms with van der Waals surface area (Å²) in [7, 11) is 0. The highest BCUT2D eigenvalue weighted by atomic mass is 16.2. The summed E-state index contributed by atoms with van der Waals surface area (Å²) in [6.07, 6.45) is 5.62. The number of anilines is 1. The number of hydrogen-bond acceptors (Lipinski definition) is 4. The van der Waals surface area contributed by atoms with Gasteiger partial charge in [0.1, 0.15) is 6.07 Å². The van der Waals surface area contributed by atoms with Crippen molar-refractivity contribution in [2.75, 3.05) is 24.5 Å². The molecular formula is C18H17N5O. The smallest absolute Gasteiger partial charge is 0.322 e. The van der Waals surface area contributed by atoms with E-state index in [1.807, 2.05) is 41.3 Å². The second kappa shape index (κ2) is 6.92. The minimum absolute atomic E-state index is 0.0271. The average Bonchev–Trinajstić information content (AvgIpc) is 3.01. The van der Waals surface area contributed by atoms with Gasteiger partial charge in [-0.25, -0.2) is 14.8 Å². The van der Waals surface area contributed by atoms with Crippen LogP contribution >= 0.6 is 0 Å². The minimum Gasteiger partial charge on any atom is -0.322 e. The van der Waals surface area contributed by atoms with Crippen molar-refractivity contribution in [3.05, 3.63) is 54.9 Å². The van der Waals surface area contributed by atoms with Crippen LogP contribution in [0.15, 0.2) is 49.3 Å². The molecule has 3 rings (SSSR count). The molecule has 0 N–H and O–H groups in total. The van der Waals surface area contributed by atoms with Gasteiger partial charge in [-0.2, -0.15) is 5.26 Å². The highest BCUT2D eigenvalue weighted by molar-refractivity contribution is 5.94. The number of carbonyl (C=O) groups is 1. The Kier molecular flexibility index (Phi) is 4.52. The molecule has 0 saturated carbocycles. The van der Waals surface area contributed by atoms with Gasteiger partial charge in [0.05, 0.1) is 5.56 Å². The van der Waals surface area contributed by atoms with Crippen LogP contribution < -0.4 is 4.90 Å². The summed E-state index contributed by atoms with van der Waals surface area (Å²) in [5.74, 6) is 0.556. The zero-order valence-corrected chi connectivity index (χ0v) is 13.2. The van der Waals surface area contributed by atoms with E-state index in [1.165, 1.54) is 12.4 Å². The quantitative estimate of drug-likeness (QED) is 0.794. The Labute approximate surface area is 140 Å². The first-order valence-corrected chi connectivity index (χ1v) is 7.73. The van der Waals surface area contributed by atoms with Gasteiger partial charge < -0.3 is 4.90 Å². The number of nitrogens with zero attached hydrogens (tertiary/aromatic N) is 5. The van der Waals surface area contributed by atoms with Crippen molar-refractivity contribution >= 4 is 11.7 Å². The molecule has 1 aromatic heterocycles. The molecule has 0 atom stereocenters. The van der Waals surface area contributed by atoms with Gasteiger partial charge in [0.2, 0.25) is 0 Å². The lowest BCUT2D eigenvalue weighted by atomic mass is 10.2. The Morgan fingerprint density at radius 2 is 1.92 bits per heavy atom. The van der Waals surface area contributed by atoms with Crippen molar-refractivity contribution in [2.45, 2.75) is 6.42 Å². The zero-order chi connectivity index (χ0) is 16.9. The molecule has 120 valence electrons. The summed E-state index contributed by atoms with van der Waals surface area (Å²) in [6.45, 7) is 5.81. The lowest BCUT2D eigenvalue weighted by molar-refractivity contribution is 0.221.